The standard InChI is InChI=1S/C25H21F3N4O3/c1-15-12-21(23-29-22(31-35-23)18-6-8-19(9-7-18)25(26,27)28)30-32(15)14-17-4-3-5-20(13-17)24(10-11-24)34-16(2)33/h3-9,12-13H,10-11,14H2,1-2H3. The molecule has 0 atom stereocenters. The van der Waals surface area contributed by atoms with Crippen LogP contribution in [-0.4, -0.2) is 25.9 Å². The summed E-state index contributed by atoms with van der Waals surface area (Å²) in [6.07, 6.45) is -2.80. The molecule has 2 aromatic heterocycles. The highest BCUT2D eigenvalue weighted by molar-refractivity contribution is 5.67. The molecule has 0 N–H and O–H groups in total. The molecule has 1 saturated carbocycles. The first-order chi connectivity index (χ1) is 16.6. The second kappa shape index (κ2) is 8.37. The van der Waals surface area contributed by atoms with Gasteiger partial charge in [-0.1, -0.05) is 35.5 Å². The van der Waals surface area contributed by atoms with Gasteiger partial charge in [0.25, 0.3) is 5.89 Å². The van der Waals surface area contributed by atoms with Crippen LogP contribution < -0.4 is 0 Å². The van der Waals surface area contributed by atoms with E-state index in [1.807, 2.05) is 31.2 Å². The summed E-state index contributed by atoms with van der Waals surface area (Å²) < 4.78 is 51.1. The van der Waals surface area contributed by atoms with Crippen molar-refractivity contribution in [2.45, 2.75) is 45.0 Å². The maximum Gasteiger partial charge on any atom is 0.416 e. The molecule has 2 heterocycles. The summed E-state index contributed by atoms with van der Waals surface area (Å²) in [7, 11) is 0. The van der Waals surface area contributed by atoms with Crippen LogP contribution in [0.4, 0.5) is 13.2 Å². The van der Waals surface area contributed by atoms with E-state index in [9.17, 15) is 18.0 Å². The number of aromatic nitrogens is 4. The van der Waals surface area contributed by atoms with Crippen LogP contribution in [0.1, 0.15) is 42.1 Å². The Balaban J connectivity index is 1.34. The molecule has 0 aliphatic heterocycles. The summed E-state index contributed by atoms with van der Waals surface area (Å²) in [5.74, 6) is 0.0480. The predicted octanol–water partition coefficient (Wildman–Crippen LogP) is 5.53. The zero-order valence-electron chi connectivity index (χ0n) is 19.0. The number of alkyl halides is 3. The highest BCUT2D eigenvalue weighted by atomic mass is 19.4. The van der Waals surface area contributed by atoms with E-state index in [0.29, 0.717) is 17.8 Å². The number of hydrogen-bond donors (Lipinski definition) is 0. The third kappa shape index (κ3) is 4.68. The molecule has 0 spiro atoms. The van der Waals surface area contributed by atoms with E-state index in [4.69, 9.17) is 9.26 Å². The second-order valence-electron chi connectivity index (χ2n) is 8.62. The summed E-state index contributed by atoms with van der Waals surface area (Å²) in [5, 5.41) is 8.46. The van der Waals surface area contributed by atoms with Gasteiger partial charge in [-0.15, -0.1) is 0 Å². The molecule has 5 rings (SSSR count). The lowest BCUT2D eigenvalue weighted by molar-refractivity contribution is -0.149. The third-order valence-corrected chi connectivity index (χ3v) is 5.93. The van der Waals surface area contributed by atoms with Gasteiger partial charge in [-0.05, 0) is 55.2 Å². The summed E-state index contributed by atoms with van der Waals surface area (Å²) >= 11 is 0. The molecule has 4 aromatic rings. The SMILES string of the molecule is CC(=O)OC1(c2cccc(Cn3nc(-c4nc(-c5ccc(C(F)(F)F)cc5)no4)cc3C)c2)CC1. The monoisotopic (exact) mass is 482 g/mol. The van der Waals surface area contributed by atoms with E-state index >= 15 is 0 Å². The van der Waals surface area contributed by atoms with Crippen LogP contribution in [0, 0.1) is 6.92 Å². The Hall–Kier alpha value is -3.95. The van der Waals surface area contributed by atoms with Crippen LogP contribution in [-0.2, 0) is 27.9 Å². The largest absolute Gasteiger partial charge is 0.454 e. The Morgan fingerprint density at radius 2 is 1.89 bits per heavy atom. The minimum atomic E-state index is -4.41. The Morgan fingerprint density at radius 1 is 1.14 bits per heavy atom. The van der Waals surface area contributed by atoms with Crippen LogP contribution in [0.25, 0.3) is 23.0 Å². The normalized spacial score (nSPS) is 14.7. The van der Waals surface area contributed by atoms with E-state index in [1.165, 1.54) is 19.1 Å². The van der Waals surface area contributed by atoms with Crippen LogP contribution in [0.3, 0.4) is 0 Å². The van der Waals surface area contributed by atoms with Crippen molar-refractivity contribution in [2.24, 2.45) is 0 Å². The number of esters is 1. The summed E-state index contributed by atoms with van der Waals surface area (Å²) in [6.45, 7) is 3.80. The highest BCUT2D eigenvalue weighted by Crippen LogP contribution is 2.49. The third-order valence-electron chi connectivity index (χ3n) is 5.93. The quantitative estimate of drug-likeness (QED) is 0.336. The molecule has 180 valence electrons. The maximum atomic E-state index is 12.8. The lowest BCUT2D eigenvalue weighted by Crippen LogP contribution is -2.16. The fraction of sp³-hybridized carbons (Fsp3) is 0.280. The van der Waals surface area contributed by atoms with Crippen LogP contribution in [0.15, 0.2) is 59.1 Å². The average molecular weight is 482 g/mol. The lowest BCUT2D eigenvalue weighted by Gasteiger charge is -2.17. The summed E-state index contributed by atoms with van der Waals surface area (Å²) in [5.41, 5.74) is 2.42. The number of halogens is 3. The van der Waals surface area contributed by atoms with Gasteiger partial charge in [-0.25, -0.2) is 0 Å². The molecule has 35 heavy (non-hydrogen) atoms. The van der Waals surface area contributed by atoms with Gasteiger partial charge in [0.15, 0.2) is 5.69 Å². The molecule has 0 saturated heterocycles. The number of hydrogen-bond acceptors (Lipinski definition) is 6. The summed E-state index contributed by atoms with van der Waals surface area (Å²) in [4.78, 5) is 15.8. The number of nitrogens with zero attached hydrogens (tertiary/aromatic N) is 4. The van der Waals surface area contributed by atoms with E-state index in [-0.39, 0.29) is 17.7 Å². The Labute approximate surface area is 198 Å². The maximum absolute atomic E-state index is 12.8. The van der Waals surface area contributed by atoms with Gasteiger partial charge in [-0.2, -0.15) is 23.3 Å². The van der Waals surface area contributed by atoms with Crippen molar-refractivity contribution in [1.29, 1.82) is 0 Å². The predicted molar refractivity (Wildman–Crippen MR) is 119 cm³/mol. The van der Waals surface area contributed by atoms with Crippen molar-refractivity contribution in [3.8, 4) is 23.0 Å². The molecule has 1 aliphatic rings. The van der Waals surface area contributed by atoms with Crippen molar-refractivity contribution < 1.29 is 27.2 Å². The topological polar surface area (TPSA) is 83.0 Å². The first kappa shape index (κ1) is 22.8. The van der Waals surface area contributed by atoms with E-state index in [0.717, 1.165) is 41.8 Å². The van der Waals surface area contributed by atoms with Gasteiger partial charge in [0.05, 0.1) is 12.1 Å². The van der Waals surface area contributed by atoms with Crippen molar-refractivity contribution in [3.63, 3.8) is 0 Å². The fourth-order valence-corrected chi connectivity index (χ4v) is 3.99. The molecule has 7 nitrogen and oxygen atoms in total. The van der Waals surface area contributed by atoms with Gasteiger partial charge >= 0.3 is 12.1 Å². The lowest BCUT2D eigenvalue weighted by atomic mass is 10.0. The zero-order chi connectivity index (χ0) is 24.8. The minimum absolute atomic E-state index is 0.169. The van der Waals surface area contributed by atoms with Crippen molar-refractivity contribution in [1.82, 2.24) is 19.9 Å². The molecule has 10 heteroatoms. The van der Waals surface area contributed by atoms with Gasteiger partial charge < -0.3 is 9.26 Å². The van der Waals surface area contributed by atoms with E-state index in [2.05, 4.69) is 15.2 Å². The van der Waals surface area contributed by atoms with Gasteiger partial charge in [0, 0.05) is 18.2 Å². The molecular weight excluding hydrogens is 461 g/mol. The average Bonchev–Trinajstić information content (AvgIpc) is 3.24. The van der Waals surface area contributed by atoms with Crippen LogP contribution in [0.5, 0.6) is 0 Å². The molecule has 0 radical (unpaired) electrons. The molecule has 0 amide bonds. The van der Waals surface area contributed by atoms with E-state index < -0.39 is 17.3 Å². The summed E-state index contributed by atoms with van der Waals surface area (Å²) in [6, 6.07) is 14.2. The first-order valence-electron chi connectivity index (χ1n) is 11.0. The Bertz CT molecular complexity index is 1390. The number of carbonyl (C=O) groups is 1. The van der Waals surface area contributed by atoms with E-state index in [1.54, 1.807) is 10.7 Å². The Kier molecular flexibility index (Phi) is 5.46. The molecule has 0 unspecified atom stereocenters. The molecule has 1 aliphatic carbocycles. The molecule has 2 aromatic carbocycles. The van der Waals surface area contributed by atoms with Crippen molar-refractivity contribution in [2.75, 3.05) is 0 Å². The molecule has 0 bridgehead atoms. The number of benzene rings is 2. The number of carbonyl (C=O) groups excluding carboxylic acids is 1. The number of rotatable bonds is 6. The fourth-order valence-electron chi connectivity index (χ4n) is 3.99. The number of aryl methyl sites for hydroxylation is 1. The molecule has 1 fully saturated rings. The Morgan fingerprint density at radius 3 is 2.54 bits per heavy atom. The highest BCUT2D eigenvalue weighted by Gasteiger charge is 2.48. The second-order valence-corrected chi connectivity index (χ2v) is 8.62. The smallest absolute Gasteiger partial charge is 0.416 e. The zero-order valence-corrected chi connectivity index (χ0v) is 19.0. The van der Waals surface area contributed by atoms with Crippen molar-refractivity contribution in [3.05, 3.63) is 77.0 Å². The first-order valence-corrected chi connectivity index (χ1v) is 11.0. The number of ether oxygens (including phenoxy) is 1. The van der Waals surface area contributed by atoms with Crippen LogP contribution >= 0.6 is 0 Å². The molecular formula is C25H21F3N4O3. The van der Waals surface area contributed by atoms with Crippen LogP contribution in [0.2, 0.25) is 0 Å². The van der Waals surface area contributed by atoms with Gasteiger partial charge in [0.1, 0.15) is 5.60 Å². The van der Waals surface area contributed by atoms with Gasteiger partial charge in [0.2, 0.25) is 5.82 Å². The van der Waals surface area contributed by atoms with Gasteiger partial charge in [-0.3, -0.25) is 9.48 Å². The minimum Gasteiger partial charge on any atom is -0.454 e. The van der Waals surface area contributed by atoms with Crippen molar-refractivity contribution >= 4 is 5.97 Å².